The number of ether oxygens (including phenoxy) is 2. The fourth-order valence-corrected chi connectivity index (χ4v) is 3.46. The monoisotopic (exact) mass is 375 g/mol. The lowest BCUT2D eigenvalue weighted by molar-refractivity contribution is 0.181. The number of pyridine rings is 1. The lowest BCUT2D eigenvalue weighted by Crippen LogP contribution is -2.23. The lowest BCUT2D eigenvalue weighted by Gasteiger charge is -2.14. The zero-order valence-corrected chi connectivity index (χ0v) is 15.1. The number of benzene rings is 2. The van der Waals surface area contributed by atoms with E-state index < -0.39 is 0 Å². The average molecular weight is 375 g/mol. The predicted molar refractivity (Wildman–Crippen MR) is 106 cm³/mol. The van der Waals surface area contributed by atoms with E-state index >= 15 is 0 Å². The van der Waals surface area contributed by atoms with Crippen molar-refractivity contribution >= 4 is 45.1 Å². The van der Waals surface area contributed by atoms with Gasteiger partial charge in [0.2, 0.25) is 0 Å². The number of rotatable bonds is 4. The van der Waals surface area contributed by atoms with E-state index in [0.717, 1.165) is 38.9 Å². The normalized spacial score (nSPS) is 13.9. The molecule has 8 nitrogen and oxygen atoms in total. The summed E-state index contributed by atoms with van der Waals surface area (Å²) in [6.07, 6.45) is 1.53. The molecule has 5 rings (SSSR count). The second kappa shape index (κ2) is 6.41. The third-order valence-electron chi connectivity index (χ3n) is 4.79. The third kappa shape index (κ3) is 2.58. The zero-order valence-electron chi connectivity index (χ0n) is 15.1. The number of carbonyl (C=O) groups excluding carboxylic acids is 1. The summed E-state index contributed by atoms with van der Waals surface area (Å²) in [5.41, 5.74) is 3.18. The Morgan fingerprint density at radius 2 is 2.07 bits per heavy atom. The first-order valence-electron chi connectivity index (χ1n) is 8.86. The van der Waals surface area contributed by atoms with Gasteiger partial charge in [0, 0.05) is 23.0 Å². The zero-order chi connectivity index (χ0) is 19.1. The van der Waals surface area contributed by atoms with Crippen molar-refractivity contribution in [3.8, 4) is 5.75 Å². The van der Waals surface area contributed by atoms with Gasteiger partial charge in [-0.05, 0) is 36.4 Å². The van der Waals surface area contributed by atoms with Gasteiger partial charge in [0.25, 0.3) is 0 Å². The second-order valence-corrected chi connectivity index (χ2v) is 6.40. The molecule has 3 heterocycles. The van der Waals surface area contributed by atoms with Crippen LogP contribution in [0.4, 0.5) is 22.0 Å². The maximum Gasteiger partial charge on any atom is 0.414 e. The van der Waals surface area contributed by atoms with Crippen molar-refractivity contribution in [1.82, 2.24) is 15.2 Å². The van der Waals surface area contributed by atoms with Crippen molar-refractivity contribution in [3.63, 3.8) is 0 Å². The number of hydrogen-bond donors (Lipinski definition) is 2. The molecule has 1 aliphatic heterocycles. The van der Waals surface area contributed by atoms with Crippen molar-refractivity contribution in [2.45, 2.75) is 0 Å². The summed E-state index contributed by atoms with van der Waals surface area (Å²) < 4.78 is 10.5. The SMILES string of the molecule is COc1cccc2nc(Nc3ccc(N4CCOC4=O)cc3)c3n[nH]cc3c12. The first-order valence-corrected chi connectivity index (χ1v) is 8.86. The van der Waals surface area contributed by atoms with Crippen molar-refractivity contribution in [1.29, 1.82) is 0 Å². The molecule has 2 aromatic carbocycles. The number of aromatic amines is 1. The Kier molecular flexibility index (Phi) is 3.75. The van der Waals surface area contributed by atoms with Crippen LogP contribution in [0.5, 0.6) is 5.75 Å². The summed E-state index contributed by atoms with van der Waals surface area (Å²) >= 11 is 0. The standard InChI is InChI=1S/C20H17N5O3/c1-27-16-4-2-3-15-17(16)14-11-21-24-18(14)19(23-15)22-12-5-7-13(8-6-12)25-9-10-28-20(25)26/h2-8,11H,9-10H2,1H3,(H,21,24)(H,22,23). The molecule has 0 saturated carbocycles. The lowest BCUT2D eigenvalue weighted by atomic mass is 10.1. The number of methoxy groups -OCH3 is 1. The highest BCUT2D eigenvalue weighted by molar-refractivity contribution is 6.11. The van der Waals surface area contributed by atoms with Crippen molar-refractivity contribution in [2.75, 3.05) is 30.5 Å². The van der Waals surface area contributed by atoms with Gasteiger partial charge in [-0.2, -0.15) is 5.10 Å². The number of fused-ring (bicyclic) bond motifs is 3. The molecule has 2 aromatic heterocycles. The molecular weight excluding hydrogens is 358 g/mol. The summed E-state index contributed by atoms with van der Waals surface area (Å²) in [5.74, 6) is 1.40. The van der Waals surface area contributed by atoms with E-state index in [4.69, 9.17) is 14.5 Å². The molecule has 0 unspecified atom stereocenters. The molecule has 0 atom stereocenters. The molecule has 4 aromatic rings. The first-order chi connectivity index (χ1) is 13.7. The van der Waals surface area contributed by atoms with Gasteiger partial charge in [0.1, 0.15) is 17.9 Å². The Bertz CT molecular complexity index is 1190. The highest BCUT2D eigenvalue weighted by atomic mass is 16.6. The Hall–Kier alpha value is -3.81. The third-order valence-corrected chi connectivity index (χ3v) is 4.79. The van der Waals surface area contributed by atoms with Gasteiger partial charge in [-0.1, -0.05) is 6.07 Å². The molecule has 140 valence electrons. The molecular formula is C20H17N5O3. The first kappa shape index (κ1) is 16.4. The minimum atomic E-state index is -0.316. The Labute approximate surface area is 160 Å². The van der Waals surface area contributed by atoms with E-state index in [1.165, 1.54) is 0 Å². The van der Waals surface area contributed by atoms with E-state index in [0.29, 0.717) is 19.0 Å². The fourth-order valence-electron chi connectivity index (χ4n) is 3.46. The van der Waals surface area contributed by atoms with Crippen LogP contribution in [0.25, 0.3) is 21.8 Å². The fraction of sp³-hybridized carbons (Fsp3) is 0.150. The molecule has 28 heavy (non-hydrogen) atoms. The molecule has 2 N–H and O–H groups in total. The number of cyclic esters (lactones) is 1. The number of hydrogen-bond acceptors (Lipinski definition) is 6. The molecule has 8 heteroatoms. The highest BCUT2D eigenvalue weighted by Gasteiger charge is 2.23. The minimum Gasteiger partial charge on any atom is -0.496 e. The van der Waals surface area contributed by atoms with Gasteiger partial charge >= 0.3 is 6.09 Å². The van der Waals surface area contributed by atoms with Crippen LogP contribution < -0.4 is 15.0 Å². The van der Waals surface area contributed by atoms with Gasteiger partial charge in [0.15, 0.2) is 5.82 Å². The smallest absolute Gasteiger partial charge is 0.414 e. The van der Waals surface area contributed by atoms with Crippen LogP contribution >= 0.6 is 0 Å². The number of carbonyl (C=O) groups is 1. The Morgan fingerprint density at radius 1 is 1.21 bits per heavy atom. The van der Waals surface area contributed by atoms with Crippen LogP contribution in [0.1, 0.15) is 0 Å². The molecule has 0 spiro atoms. The Morgan fingerprint density at radius 3 is 2.82 bits per heavy atom. The molecule has 1 amide bonds. The molecule has 0 radical (unpaired) electrons. The van der Waals surface area contributed by atoms with E-state index in [2.05, 4.69) is 15.5 Å². The number of aromatic nitrogens is 3. The van der Waals surface area contributed by atoms with Gasteiger partial charge in [-0.15, -0.1) is 0 Å². The average Bonchev–Trinajstić information content (AvgIpc) is 3.37. The largest absolute Gasteiger partial charge is 0.496 e. The number of nitrogens with zero attached hydrogens (tertiary/aromatic N) is 3. The topological polar surface area (TPSA) is 92.4 Å². The number of anilines is 3. The molecule has 1 fully saturated rings. The molecule has 0 aliphatic carbocycles. The number of nitrogens with one attached hydrogen (secondary N) is 2. The van der Waals surface area contributed by atoms with Crippen LogP contribution in [0.2, 0.25) is 0 Å². The van der Waals surface area contributed by atoms with Crippen molar-refractivity contribution in [3.05, 3.63) is 48.7 Å². The summed E-state index contributed by atoms with van der Waals surface area (Å²) in [5, 5.41) is 12.4. The quantitative estimate of drug-likeness (QED) is 0.563. The van der Waals surface area contributed by atoms with Gasteiger partial charge in [-0.3, -0.25) is 10.00 Å². The van der Waals surface area contributed by atoms with Crippen molar-refractivity contribution < 1.29 is 14.3 Å². The van der Waals surface area contributed by atoms with Crippen LogP contribution in [-0.4, -0.2) is 41.5 Å². The summed E-state index contributed by atoms with van der Waals surface area (Å²) in [4.78, 5) is 18.0. The molecule has 1 saturated heterocycles. The maximum atomic E-state index is 11.7. The van der Waals surface area contributed by atoms with Gasteiger partial charge < -0.3 is 14.8 Å². The maximum absolute atomic E-state index is 11.7. The van der Waals surface area contributed by atoms with E-state index in [-0.39, 0.29) is 6.09 Å². The van der Waals surface area contributed by atoms with Gasteiger partial charge in [-0.25, -0.2) is 9.78 Å². The van der Waals surface area contributed by atoms with E-state index in [1.54, 1.807) is 12.0 Å². The minimum absolute atomic E-state index is 0.316. The summed E-state index contributed by atoms with van der Waals surface area (Å²) in [6, 6.07) is 13.3. The predicted octanol–water partition coefficient (Wildman–Crippen LogP) is 3.82. The van der Waals surface area contributed by atoms with Crippen LogP contribution in [-0.2, 0) is 4.74 Å². The summed E-state index contributed by atoms with van der Waals surface area (Å²) in [6.45, 7) is 0.980. The second-order valence-electron chi connectivity index (χ2n) is 6.40. The van der Waals surface area contributed by atoms with Crippen LogP contribution in [0.3, 0.4) is 0 Å². The molecule has 0 bridgehead atoms. The van der Waals surface area contributed by atoms with E-state index in [1.807, 2.05) is 48.7 Å². The van der Waals surface area contributed by atoms with Crippen LogP contribution in [0.15, 0.2) is 48.7 Å². The number of H-pyrrole nitrogens is 1. The summed E-state index contributed by atoms with van der Waals surface area (Å²) in [7, 11) is 1.64. The van der Waals surface area contributed by atoms with Crippen molar-refractivity contribution in [2.24, 2.45) is 0 Å². The highest BCUT2D eigenvalue weighted by Crippen LogP contribution is 2.35. The molecule has 1 aliphatic rings. The Balaban J connectivity index is 1.53. The number of amides is 1. The van der Waals surface area contributed by atoms with E-state index in [9.17, 15) is 4.79 Å². The van der Waals surface area contributed by atoms with Crippen LogP contribution in [0, 0.1) is 0 Å². The van der Waals surface area contributed by atoms with Gasteiger partial charge in [0.05, 0.1) is 24.6 Å².